The van der Waals surface area contributed by atoms with E-state index in [1.54, 1.807) is 24.3 Å². The third-order valence-corrected chi connectivity index (χ3v) is 6.93. The Labute approximate surface area is 230 Å². The number of carbonyl (C=O) groups excluding carboxylic acids is 1. The van der Waals surface area contributed by atoms with E-state index >= 15 is 0 Å². The van der Waals surface area contributed by atoms with Gasteiger partial charge in [-0.2, -0.15) is 26.3 Å². The van der Waals surface area contributed by atoms with E-state index in [9.17, 15) is 36.2 Å². The number of nitrogens with two attached hydrogens (primary N) is 1. The van der Waals surface area contributed by atoms with Crippen LogP contribution in [0, 0.1) is 0 Å². The van der Waals surface area contributed by atoms with Gasteiger partial charge >= 0.3 is 12.4 Å². The number of nitrogens with zero attached hydrogens (tertiary/aromatic N) is 4. The first-order valence-corrected chi connectivity index (χ1v) is 12.7. The standard InChI is InChI=1S/C27H27F6N5O3/c1-3-15(2)17-9-7-16(8-10-17)14-38-12-6-4-5-11-25(40,27(31,32)33)24-37-36-22(41-24)21-19(34)13-18(26(28,29)30)20(35-21)23(38)39/h7-10,13,40H,2-6,11-12,14,34H2,1H3. The molecule has 1 aliphatic rings. The summed E-state index contributed by atoms with van der Waals surface area (Å²) in [7, 11) is 0. The first kappa shape index (κ1) is 30.0. The van der Waals surface area contributed by atoms with E-state index in [1.165, 1.54) is 0 Å². The lowest BCUT2D eigenvalue weighted by molar-refractivity contribution is -0.277. The first-order valence-electron chi connectivity index (χ1n) is 12.7. The van der Waals surface area contributed by atoms with Gasteiger partial charge in [-0.05, 0) is 48.4 Å². The molecule has 220 valence electrons. The van der Waals surface area contributed by atoms with E-state index in [0.717, 1.165) is 16.0 Å². The predicted octanol–water partition coefficient (Wildman–Crippen LogP) is 6.12. The highest BCUT2D eigenvalue weighted by atomic mass is 19.4. The molecule has 0 radical (unpaired) electrons. The topological polar surface area (TPSA) is 118 Å². The second-order valence-corrected chi connectivity index (χ2v) is 9.78. The molecule has 1 atom stereocenters. The summed E-state index contributed by atoms with van der Waals surface area (Å²) in [6.45, 7) is 5.70. The Bertz CT molecular complexity index is 1430. The van der Waals surface area contributed by atoms with Crippen LogP contribution < -0.4 is 5.73 Å². The molecule has 1 aliphatic heterocycles. The van der Waals surface area contributed by atoms with Gasteiger partial charge in [0.25, 0.3) is 17.7 Å². The van der Waals surface area contributed by atoms with Gasteiger partial charge in [-0.1, -0.05) is 44.2 Å². The third kappa shape index (κ3) is 6.06. The summed E-state index contributed by atoms with van der Waals surface area (Å²) in [5, 5.41) is 17.3. The van der Waals surface area contributed by atoms with Gasteiger partial charge in [-0.3, -0.25) is 4.79 Å². The van der Waals surface area contributed by atoms with Crippen LogP contribution in [0.2, 0.25) is 0 Å². The Balaban J connectivity index is 1.82. The summed E-state index contributed by atoms with van der Waals surface area (Å²) in [6.07, 6.45) is -10.3. The number of amides is 1. The van der Waals surface area contributed by atoms with E-state index < -0.39 is 64.7 Å². The maximum absolute atomic E-state index is 14.0. The zero-order valence-electron chi connectivity index (χ0n) is 21.9. The Kier molecular flexibility index (Phi) is 8.16. The molecule has 0 saturated carbocycles. The molecule has 3 heterocycles. The van der Waals surface area contributed by atoms with Crippen molar-refractivity contribution in [3.8, 4) is 11.6 Å². The Morgan fingerprint density at radius 1 is 1.10 bits per heavy atom. The molecule has 4 rings (SSSR count). The zero-order valence-corrected chi connectivity index (χ0v) is 21.9. The van der Waals surface area contributed by atoms with Gasteiger partial charge in [0.15, 0.2) is 5.69 Å². The van der Waals surface area contributed by atoms with Gasteiger partial charge < -0.3 is 20.2 Å². The van der Waals surface area contributed by atoms with E-state index in [2.05, 4.69) is 21.8 Å². The quantitative estimate of drug-likeness (QED) is 0.355. The summed E-state index contributed by atoms with van der Waals surface area (Å²) in [5.41, 5.74) is 0.864. The lowest BCUT2D eigenvalue weighted by Gasteiger charge is -2.27. The highest BCUT2D eigenvalue weighted by Gasteiger charge is 2.58. The number of anilines is 1. The minimum absolute atomic E-state index is 0.0935. The number of fused-ring (bicyclic) bond motifs is 5. The molecule has 1 amide bonds. The van der Waals surface area contributed by atoms with E-state index in [0.29, 0.717) is 18.1 Å². The number of nitrogen functional groups attached to an aromatic ring is 1. The number of aromatic nitrogens is 3. The van der Waals surface area contributed by atoms with Gasteiger partial charge in [0, 0.05) is 13.1 Å². The van der Waals surface area contributed by atoms with Crippen molar-refractivity contribution >= 4 is 17.2 Å². The Morgan fingerprint density at radius 2 is 1.78 bits per heavy atom. The van der Waals surface area contributed by atoms with Crippen LogP contribution in [0.25, 0.3) is 17.2 Å². The Hall–Kier alpha value is -3.94. The third-order valence-electron chi connectivity index (χ3n) is 6.93. The second kappa shape index (κ2) is 11.1. The summed E-state index contributed by atoms with van der Waals surface area (Å²) < 4.78 is 88.9. The fraction of sp³-hybridized carbons (Fsp3) is 0.407. The summed E-state index contributed by atoms with van der Waals surface area (Å²) in [6, 6.07) is 7.43. The maximum Gasteiger partial charge on any atom is 0.426 e. The molecule has 0 fully saturated rings. The molecule has 41 heavy (non-hydrogen) atoms. The number of benzene rings is 1. The highest BCUT2D eigenvalue weighted by Crippen LogP contribution is 2.43. The lowest BCUT2D eigenvalue weighted by Crippen LogP contribution is -2.42. The number of rotatable bonds is 4. The summed E-state index contributed by atoms with van der Waals surface area (Å²) >= 11 is 0. The van der Waals surface area contributed by atoms with Gasteiger partial charge in [0.1, 0.15) is 5.69 Å². The van der Waals surface area contributed by atoms with Crippen LogP contribution in [0.3, 0.4) is 0 Å². The van der Waals surface area contributed by atoms with Crippen LogP contribution in [-0.2, 0) is 18.3 Å². The number of halogens is 6. The number of carbonyl (C=O) groups is 1. The summed E-state index contributed by atoms with van der Waals surface area (Å²) in [5.74, 6) is -3.05. The molecule has 3 N–H and O–H groups in total. The molecule has 2 aromatic heterocycles. The van der Waals surface area contributed by atoms with Crippen LogP contribution in [0.15, 0.2) is 41.3 Å². The fourth-order valence-electron chi connectivity index (χ4n) is 4.47. The minimum atomic E-state index is -5.20. The van der Waals surface area contributed by atoms with Gasteiger partial charge in [-0.15, -0.1) is 10.2 Å². The van der Waals surface area contributed by atoms with Crippen molar-refractivity contribution in [2.75, 3.05) is 12.3 Å². The molecule has 3 aromatic rings. The van der Waals surface area contributed by atoms with Crippen molar-refractivity contribution < 1.29 is 40.7 Å². The molecule has 4 bridgehead atoms. The van der Waals surface area contributed by atoms with Crippen molar-refractivity contribution in [3.63, 3.8) is 0 Å². The molecular formula is C27H27F6N5O3. The van der Waals surface area contributed by atoms with Crippen molar-refractivity contribution in [3.05, 3.63) is 65.2 Å². The van der Waals surface area contributed by atoms with Crippen LogP contribution in [0.1, 0.15) is 72.1 Å². The fourth-order valence-corrected chi connectivity index (χ4v) is 4.47. The van der Waals surface area contributed by atoms with Crippen molar-refractivity contribution in [1.29, 1.82) is 0 Å². The Morgan fingerprint density at radius 3 is 2.39 bits per heavy atom. The first-order chi connectivity index (χ1) is 19.2. The number of alkyl halides is 6. The van der Waals surface area contributed by atoms with Gasteiger partial charge in [-0.25, -0.2) is 4.98 Å². The van der Waals surface area contributed by atoms with Gasteiger partial charge in [0.2, 0.25) is 5.60 Å². The molecule has 1 unspecified atom stereocenters. The average molecular weight is 584 g/mol. The smallest absolute Gasteiger partial charge is 0.416 e. The number of aliphatic hydroxyl groups is 1. The van der Waals surface area contributed by atoms with Crippen LogP contribution in [0.5, 0.6) is 0 Å². The van der Waals surface area contributed by atoms with Crippen LogP contribution >= 0.6 is 0 Å². The van der Waals surface area contributed by atoms with E-state index in [4.69, 9.17) is 10.2 Å². The molecule has 0 spiro atoms. The molecule has 1 aromatic carbocycles. The summed E-state index contributed by atoms with van der Waals surface area (Å²) in [4.78, 5) is 18.6. The SMILES string of the molecule is C=C(CC)c1ccc(CN2CCCCCC(O)(C(F)(F)F)c3nnc(o3)-c3nc(c(C(F)(F)F)cc3N)C2=O)cc1. The molecule has 0 aliphatic carbocycles. The normalized spacial score (nSPS) is 18.7. The highest BCUT2D eigenvalue weighted by molar-refractivity contribution is 5.95. The second-order valence-electron chi connectivity index (χ2n) is 9.78. The number of allylic oxidation sites excluding steroid dienone is 1. The minimum Gasteiger partial charge on any atom is -0.416 e. The van der Waals surface area contributed by atoms with Crippen molar-refractivity contribution in [1.82, 2.24) is 20.1 Å². The maximum atomic E-state index is 14.0. The number of hydrogen-bond donors (Lipinski definition) is 2. The monoisotopic (exact) mass is 583 g/mol. The van der Waals surface area contributed by atoms with Crippen LogP contribution in [-0.4, -0.2) is 43.8 Å². The van der Waals surface area contributed by atoms with E-state index in [1.807, 2.05) is 6.92 Å². The predicted molar refractivity (Wildman–Crippen MR) is 136 cm³/mol. The van der Waals surface area contributed by atoms with Crippen molar-refractivity contribution in [2.45, 2.75) is 63.5 Å². The number of hydrogen-bond acceptors (Lipinski definition) is 7. The molecular weight excluding hydrogens is 556 g/mol. The molecule has 14 heteroatoms. The van der Waals surface area contributed by atoms with Gasteiger partial charge in [0.05, 0.1) is 11.3 Å². The lowest BCUT2D eigenvalue weighted by atomic mass is 9.95. The molecule has 0 saturated heterocycles. The van der Waals surface area contributed by atoms with Crippen molar-refractivity contribution in [2.24, 2.45) is 0 Å². The van der Waals surface area contributed by atoms with Crippen LogP contribution in [0.4, 0.5) is 32.0 Å². The zero-order chi connectivity index (χ0) is 30.2. The largest absolute Gasteiger partial charge is 0.426 e. The van der Waals surface area contributed by atoms with E-state index in [-0.39, 0.29) is 32.4 Å². The average Bonchev–Trinajstić information content (AvgIpc) is 3.40. The number of pyridine rings is 1. The molecule has 8 nitrogen and oxygen atoms in total.